The van der Waals surface area contributed by atoms with Gasteiger partial charge in [-0.1, -0.05) is 42.5 Å². The maximum Gasteiger partial charge on any atom is 0.142 e. The van der Waals surface area contributed by atoms with Gasteiger partial charge in [0.15, 0.2) is 0 Å². The number of aryl methyl sites for hydroxylation is 8. The van der Waals surface area contributed by atoms with Crippen LogP contribution in [0.25, 0.3) is 60.8 Å². The van der Waals surface area contributed by atoms with E-state index in [9.17, 15) is 0 Å². The number of fused-ring (bicyclic) bond motifs is 6. The lowest BCUT2D eigenvalue weighted by Crippen LogP contribution is -2.08. The van der Waals surface area contributed by atoms with Gasteiger partial charge in [-0.3, -0.25) is 4.57 Å². The maximum absolute atomic E-state index is 6.66. The lowest BCUT2D eigenvalue weighted by molar-refractivity contribution is 0.482. The fourth-order valence-electron chi connectivity index (χ4n) is 8.60. The fraction of sp³-hybridized carbons (Fsp3) is 0.191. The molecule has 4 heterocycles. The third-order valence-corrected chi connectivity index (χ3v) is 10.9. The van der Waals surface area contributed by atoms with Crippen LogP contribution < -0.4 is 4.74 Å². The molecular weight excluding hydrogens is 651 g/mol. The van der Waals surface area contributed by atoms with Crippen LogP contribution in [0.4, 0.5) is 0 Å². The van der Waals surface area contributed by atoms with Crippen LogP contribution in [0.5, 0.6) is 11.5 Å². The first-order valence-electron chi connectivity index (χ1n) is 18.3. The molecule has 4 aromatic heterocycles. The molecule has 9 rings (SSSR count). The first-order valence-corrected chi connectivity index (χ1v) is 18.3. The highest BCUT2D eigenvalue weighted by molar-refractivity contribution is 6.14. The van der Waals surface area contributed by atoms with Gasteiger partial charge in [-0.2, -0.15) is 5.10 Å². The van der Waals surface area contributed by atoms with E-state index < -0.39 is 0 Å². The van der Waals surface area contributed by atoms with E-state index in [-0.39, 0.29) is 0 Å². The van der Waals surface area contributed by atoms with Gasteiger partial charge in [0, 0.05) is 51.1 Å². The average Bonchev–Trinajstić information content (AvgIpc) is 3.78. The van der Waals surface area contributed by atoms with E-state index in [2.05, 4.69) is 156 Å². The zero-order valence-corrected chi connectivity index (χ0v) is 31.9. The summed E-state index contributed by atoms with van der Waals surface area (Å²) in [6.07, 6.45) is 2.04. The van der Waals surface area contributed by atoms with Crippen LogP contribution >= 0.6 is 0 Å². The smallest absolute Gasteiger partial charge is 0.142 e. The van der Waals surface area contributed by atoms with Gasteiger partial charge in [0.05, 0.1) is 39.1 Å². The van der Waals surface area contributed by atoms with Gasteiger partial charge >= 0.3 is 0 Å². The fourth-order valence-corrected chi connectivity index (χ4v) is 8.60. The van der Waals surface area contributed by atoms with Crippen molar-refractivity contribution in [3.63, 3.8) is 0 Å². The molecule has 0 unspecified atom stereocenters. The minimum atomic E-state index is 0.760. The highest BCUT2D eigenvalue weighted by atomic mass is 16.5. The Balaban J connectivity index is 1.27. The molecule has 0 aliphatic heterocycles. The molecule has 0 atom stereocenters. The molecule has 0 saturated carbocycles. The molecule has 0 saturated heterocycles. The van der Waals surface area contributed by atoms with Crippen molar-refractivity contribution in [1.82, 2.24) is 23.9 Å². The Bertz CT molecular complexity index is 2910. The quantitative estimate of drug-likeness (QED) is 0.180. The summed E-state index contributed by atoms with van der Waals surface area (Å²) < 4.78 is 13.5. The number of aromatic nitrogens is 5. The second-order valence-corrected chi connectivity index (χ2v) is 14.9. The van der Waals surface area contributed by atoms with E-state index in [0.717, 1.165) is 67.5 Å². The van der Waals surface area contributed by atoms with Crippen molar-refractivity contribution in [2.45, 2.75) is 62.3 Å². The molecule has 0 amide bonds. The number of ether oxygens (including phenoxy) is 1. The predicted molar refractivity (Wildman–Crippen MR) is 219 cm³/mol. The third-order valence-electron chi connectivity index (χ3n) is 10.9. The van der Waals surface area contributed by atoms with Gasteiger partial charge in [-0.05, 0) is 132 Å². The summed E-state index contributed by atoms with van der Waals surface area (Å²) in [5, 5.41) is 9.70. The molecule has 0 aliphatic carbocycles. The van der Waals surface area contributed by atoms with E-state index in [1.807, 2.05) is 17.8 Å². The summed E-state index contributed by atoms with van der Waals surface area (Å²) in [5.41, 5.74) is 17.3. The molecule has 53 heavy (non-hydrogen) atoms. The second kappa shape index (κ2) is 12.0. The minimum absolute atomic E-state index is 0.760. The molecule has 0 bridgehead atoms. The van der Waals surface area contributed by atoms with E-state index in [4.69, 9.17) is 14.8 Å². The Kier molecular flexibility index (Phi) is 7.39. The van der Waals surface area contributed by atoms with Gasteiger partial charge in [0.25, 0.3) is 0 Å². The number of pyridine rings is 1. The molecule has 0 radical (unpaired) electrons. The zero-order chi connectivity index (χ0) is 36.9. The van der Waals surface area contributed by atoms with Crippen molar-refractivity contribution in [3.05, 3.63) is 148 Å². The predicted octanol–water partition coefficient (Wildman–Crippen LogP) is 12.0. The highest BCUT2D eigenvalue weighted by Gasteiger charge is 2.24. The largest absolute Gasteiger partial charge is 0.457 e. The number of hydrogen-bond donors (Lipinski definition) is 0. The molecule has 0 N–H and O–H groups in total. The van der Waals surface area contributed by atoms with Crippen molar-refractivity contribution in [1.29, 1.82) is 0 Å². The van der Waals surface area contributed by atoms with Crippen LogP contribution in [-0.4, -0.2) is 23.9 Å². The molecule has 5 aromatic carbocycles. The molecule has 0 fully saturated rings. The number of hydrogen-bond acceptors (Lipinski definition) is 3. The first-order chi connectivity index (χ1) is 25.5. The SMILES string of the molecule is Cc1cc(Oc2ccc3c4ccccc4n(-c4ncc(C)c(-n5c6c(C)ccc(C)c6c6c(C)ccc(C)c65)c4C)c3c2)cc(-n2nc(C)cc2C)c1. The zero-order valence-electron chi connectivity index (χ0n) is 31.9. The van der Waals surface area contributed by atoms with E-state index >= 15 is 0 Å². The number of benzene rings is 5. The standard InChI is InChI=1S/C47H43N5O/c1-26-20-35(52-33(8)22-32(7)49-52)23-37(21-26)53-36-18-19-39-38-12-10-11-13-40(38)50(41(39)24-36)47-34(9)44(31(6)25-48-47)51-45-29(4)16-14-27(2)42(45)43-28(3)15-17-30(5)46(43)51/h10-25H,1-9H3. The summed E-state index contributed by atoms with van der Waals surface area (Å²) >= 11 is 0. The molecule has 6 nitrogen and oxygen atoms in total. The molecule has 262 valence electrons. The van der Waals surface area contributed by atoms with Gasteiger partial charge in [-0.25, -0.2) is 9.67 Å². The Labute approximate surface area is 309 Å². The lowest BCUT2D eigenvalue weighted by atomic mass is 10.0. The van der Waals surface area contributed by atoms with Crippen LogP contribution in [0.3, 0.4) is 0 Å². The Morgan fingerprint density at radius 3 is 1.89 bits per heavy atom. The summed E-state index contributed by atoms with van der Waals surface area (Å²) in [6.45, 7) is 19.5. The van der Waals surface area contributed by atoms with Gasteiger partial charge < -0.3 is 9.30 Å². The minimum Gasteiger partial charge on any atom is -0.457 e. The monoisotopic (exact) mass is 693 g/mol. The van der Waals surface area contributed by atoms with Crippen LogP contribution in [0, 0.1) is 62.3 Å². The Morgan fingerprint density at radius 1 is 0.547 bits per heavy atom. The summed E-state index contributed by atoms with van der Waals surface area (Å²) in [7, 11) is 0. The average molecular weight is 694 g/mol. The summed E-state index contributed by atoms with van der Waals surface area (Å²) in [5.74, 6) is 2.43. The third kappa shape index (κ3) is 5.00. The highest BCUT2D eigenvalue weighted by Crippen LogP contribution is 2.42. The van der Waals surface area contributed by atoms with Crippen LogP contribution in [-0.2, 0) is 0 Å². The normalized spacial score (nSPS) is 11.9. The second-order valence-electron chi connectivity index (χ2n) is 14.9. The maximum atomic E-state index is 6.66. The molecule has 6 heteroatoms. The topological polar surface area (TPSA) is 49.8 Å². The Hall–Kier alpha value is -6.14. The summed E-state index contributed by atoms with van der Waals surface area (Å²) in [4.78, 5) is 5.21. The Morgan fingerprint density at radius 2 is 1.21 bits per heavy atom. The number of rotatable bonds is 5. The van der Waals surface area contributed by atoms with Crippen LogP contribution in [0.1, 0.15) is 50.3 Å². The van der Waals surface area contributed by atoms with Crippen molar-refractivity contribution in [3.8, 4) is 28.7 Å². The van der Waals surface area contributed by atoms with Crippen LogP contribution in [0.2, 0.25) is 0 Å². The number of nitrogens with zero attached hydrogens (tertiary/aromatic N) is 5. The van der Waals surface area contributed by atoms with Gasteiger partial charge in [0.1, 0.15) is 17.3 Å². The lowest BCUT2D eigenvalue weighted by Gasteiger charge is -2.20. The molecule has 0 aliphatic rings. The van der Waals surface area contributed by atoms with E-state index in [1.54, 1.807) is 0 Å². The molecule has 0 spiro atoms. The molecular formula is C47H43N5O. The van der Waals surface area contributed by atoms with Crippen molar-refractivity contribution in [2.75, 3.05) is 0 Å². The van der Waals surface area contributed by atoms with E-state index in [0.29, 0.717) is 0 Å². The van der Waals surface area contributed by atoms with Gasteiger partial charge in [0.2, 0.25) is 0 Å². The van der Waals surface area contributed by atoms with Crippen molar-refractivity contribution >= 4 is 43.6 Å². The van der Waals surface area contributed by atoms with Gasteiger partial charge in [-0.15, -0.1) is 0 Å². The molecule has 9 aromatic rings. The van der Waals surface area contributed by atoms with E-state index in [1.165, 1.54) is 55.1 Å². The number of para-hydroxylation sites is 1. The summed E-state index contributed by atoms with van der Waals surface area (Å²) in [6, 6.07) is 32.4. The first kappa shape index (κ1) is 32.7. The van der Waals surface area contributed by atoms with Crippen molar-refractivity contribution < 1.29 is 4.74 Å². The van der Waals surface area contributed by atoms with Crippen molar-refractivity contribution in [2.24, 2.45) is 0 Å². The van der Waals surface area contributed by atoms with Crippen LogP contribution in [0.15, 0.2) is 97.2 Å².